The molecule has 0 spiro atoms. The van der Waals surface area contributed by atoms with Gasteiger partial charge in [0, 0.05) is 27.6 Å². The minimum absolute atomic E-state index is 0.0398. The van der Waals surface area contributed by atoms with Crippen molar-refractivity contribution in [3.05, 3.63) is 50.2 Å². The van der Waals surface area contributed by atoms with Gasteiger partial charge in [-0.15, -0.1) is 0 Å². The molecule has 1 aromatic carbocycles. The number of benzene rings is 1. The van der Waals surface area contributed by atoms with Gasteiger partial charge in [0.1, 0.15) is 6.67 Å². The van der Waals surface area contributed by atoms with E-state index in [-0.39, 0.29) is 18.1 Å². The van der Waals surface area contributed by atoms with Crippen LogP contribution in [0.5, 0.6) is 0 Å². The van der Waals surface area contributed by atoms with Crippen LogP contribution in [0.3, 0.4) is 0 Å². The Morgan fingerprint density at radius 3 is 2.86 bits per heavy atom. The van der Waals surface area contributed by atoms with Crippen molar-refractivity contribution in [1.29, 1.82) is 0 Å². The van der Waals surface area contributed by atoms with Gasteiger partial charge in [0.25, 0.3) is 5.91 Å². The van der Waals surface area contributed by atoms with E-state index in [9.17, 15) is 9.18 Å². The summed E-state index contributed by atoms with van der Waals surface area (Å²) in [6.07, 6.45) is 1.41. The molecule has 0 radical (unpaired) electrons. The fraction of sp³-hybridized carbons (Fsp3) is 0.462. The molecule has 22 heavy (non-hydrogen) atoms. The molecule has 0 unspecified atom stereocenters. The Bertz CT molecular complexity index is 664. The number of carbonyl (C=O) groups excluding carboxylic acids is 1. The van der Waals surface area contributed by atoms with Gasteiger partial charge in [-0.1, -0.05) is 10.2 Å². The van der Waals surface area contributed by atoms with Gasteiger partial charge in [0.15, 0.2) is 0 Å². The Kier molecular flexibility index (Phi) is 5.19. The van der Waals surface area contributed by atoms with E-state index in [1.54, 1.807) is 12.1 Å². The van der Waals surface area contributed by atoms with Crippen LogP contribution in [-0.4, -0.2) is 30.1 Å². The molecule has 1 aliphatic heterocycles. The molecule has 2 rings (SSSR count). The van der Waals surface area contributed by atoms with Crippen LogP contribution >= 0.6 is 0 Å². The summed E-state index contributed by atoms with van der Waals surface area (Å²) in [6.45, 7) is -0.0314. The number of halogens is 1. The van der Waals surface area contributed by atoms with E-state index in [4.69, 9.17) is 11.1 Å². The molecule has 114 valence electrons. The molecule has 1 aliphatic rings. The SMILES string of the molecule is [N-]=[N+]=NCc1cc(N=[N+]=[N-])cc(C(=O)N2CCC[C@H]2CF)c1. The third-order valence-corrected chi connectivity index (χ3v) is 3.52. The maximum Gasteiger partial charge on any atom is 0.254 e. The van der Waals surface area contributed by atoms with E-state index < -0.39 is 12.7 Å². The van der Waals surface area contributed by atoms with E-state index in [2.05, 4.69) is 20.1 Å². The molecule has 1 aromatic rings. The lowest BCUT2D eigenvalue weighted by molar-refractivity contribution is 0.0716. The van der Waals surface area contributed by atoms with Crippen LogP contribution in [0.2, 0.25) is 0 Å². The Morgan fingerprint density at radius 2 is 2.18 bits per heavy atom. The number of likely N-dealkylation sites (tertiary alicyclic amines) is 1. The van der Waals surface area contributed by atoms with E-state index in [1.165, 1.54) is 11.0 Å². The maximum atomic E-state index is 13.0. The predicted octanol–water partition coefficient (Wildman–Crippen LogP) is 4.01. The van der Waals surface area contributed by atoms with Gasteiger partial charge in [-0.3, -0.25) is 4.79 Å². The van der Waals surface area contributed by atoms with Gasteiger partial charge in [0.05, 0.1) is 12.6 Å². The smallest absolute Gasteiger partial charge is 0.254 e. The maximum absolute atomic E-state index is 13.0. The second kappa shape index (κ2) is 7.31. The van der Waals surface area contributed by atoms with Gasteiger partial charge >= 0.3 is 0 Å². The highest BCUT2D eigenvalue weighted by atomic mass is 19.1. The summed E-state index contributed by atoms with van der Waals surface area (Å²) in [5.41, 5.74) is 18.0. The highest BCUT2D eigenvalue weighted by Crippen LogP contribution is 2.24. The molecular weight excluding hydrogens is 289 g/mol. The molecule has 0 N–H and O–H groups in total. The summed E-state index contributed by atoms with van der Waals surface area (Å²) in [6, 6.07) is 4.16. The van der Waals surface area contributed by atoms with E-state index >= 15 is 0 Å². The van der Waals surface area contributed by atoms with Crippen LogP contribution in [0, 0.1) is 0 Å². The molecule has 1 fully saturated rings. The first-order valence-electron chi connectivity index (χ1n) is 6.76. The number of carbonyl (C=O) groups is 1. The molecule has 0 saturated carbocycles. The summed E-state index contributed by atoms with van der Waals surface area (Å²) in [5.74, 6) is -0.308. The Labute approximate surface area is 125 Å². The standard InChI is InChI=1S/C13H14FN7O/c14-7-12-2-1-3-21(12)13(22)10-4-9(8-17-19-15)5-11(6-10)18-20-16/h4-6,12H,1-3,7-8H2/t12-/m0/s1. The molecule has 1 amide bonds. The molecule has 8 nitrogen and oxygen atoms in total. The van der Waals surface area contributed by atoms with Gasteiger partial charge in [-0.2, -0.15) is 0 Å². The van der Waals surface area contributed by atoms with E-state index in [0.717, 1.165) is 6.42 Å². The quantitative estimate of drug-likeness (QED) is 0.456. The average Bonchev–Trinajstić information content (AvgIpc) is 3.01. The van der Waals surface area contributed by atoms with Crippen LogP contribution in [0.25, 0.3) is 20.9 Å². The highest BCUT2D eigenvalue weighted by Gasteiger charge is 2.29. The first-order chi connectivity index (χ1) is 10.7. The topological polar surface area (TPSA) is 118 Å². The van der Waals surface area contributed by atoms with Crippen molar-refractivity contribution < 1.29 is 9.18 Å². The molecule has 0 aromatic heterocycles. The molecule has 9 heteroatoms. The molecule has 1 atom stereocenters. The minimum Gasteiger partial charge on any atom is -0.333 e. The van der Waals surface area contributed by atoms with Crippen LogP contribution in [0.1, 0.15) is 28.8 Å². The van der Waals surface area contributed by atoms with Crippen molar-refractivity contribution in [1.82, 2.24) is 4.90 Å². The van der Waals surface area contributed by atoms with Crippen molar-refractivity contribution in [2.75, 3.05) is 13.2 Å². The summed E-state index contributed by atoms with van der Waals surface area (Å²) in [5, 5.41) is 6.92. The van der Waals surface area contributed by atoms with Crippen molar-refractivity contribution in [2.24, 2.45) is 10.2 Å². The minimum atomic E-state index is -0.576. The van der Waals surface area contributed by atoms with Crippen molar-refractivity contribution in [3.8, 4) is 0 Å². The molecule has 1 heterocycles. The van der Waals surface area contributed by atoms with Crippen molar-refractivity contribution in [2.45, 2.75) is 25.4 Å². The van der Waals surface area contributed by atoms with E-state index in [1.807, 2.05) is 0 Å². The average molecular weight is 303 g/mol. The number of alkyl halides is 1. The fourth-order valence-corrected chi connectivity index (χ4v) is 2.54. The van der Waals surface area contributed by atoms with Crippen LogP contribution in [-0.2, 0) is 6.54 Å². The zero-order valence-electron chi connectivity index (χ0n) is 11.8. The number of hydrogen-bond donors (Lipinski definition) is 0. The van der Waals surface area contributed by atoms with Gasteiger partial charge in [-0.25, -0.2) is 4.39 Å². The zero-order valence-corrected chi connectivity index (χ0v) is 11.8. The number of nitrogens with zero attached hydrogens (tertiary/aromatic N) is 7. The number of amides is 1. The lowest BCUT2D eigenvalue weighted by atomic mass is 10.1. The van der Waals surface area contributed by atoms with E-state index in [0.29, 0.717) is 24.1 Å². The summed E-state index contributed by atoms with van der Waals surface area (Å²) in [7, 11) is 0. The van der Waals surface area contributed by atoms with Gasteiger partial charge < -0.3 is 4.90 Å². The largest absolute Gasteiger partial charge is 0.333 e. The number of rotatable bonds is 5. The summed E-state index contributed by atoms with van der Waals surface area (Å²) in [4.78, 5) is 19.4. The molecule has 0 aliphatic carbocycles. The Hall–Kier alpha value is -2.76. The summed E-state index contributed by atoms with van der Waals surface area (Å²) < 4.78 is 13.0. The molecule has 1 saturated heterocycles. The normalized spacial score (nSPS) is 16.8. The number of azide groups is 2. The number of hydrogen-bond acceptors (Lipinski definition) is 3. The van der Waals surface area contributed by atoms with Crippen molar-refractivity contribution >= 4 is 11.6 Å². The first-order valence-corrected chi connectivity index (χ1v) is 6.76. The van der Waals surface area contributed by atoms with Gasteiger partial charge in [-0.05, 0) is 47.7 Å². The van der Waals surface area contributed by atoms with Crippen molar-refractivity contribution in [3.63, 3.8) is 0 Å². The third kappa shape index (κ3) is 3.46. The lowest BCUT2D eigenvalue weighted by Crippen LogP contribution is -2.36. The zero-order chi connectivity index (χ0) is 15.9. The Balaban J connectivity index is 2.35. The van der Waals surface area contributed by atoms with Crippen LogP contribution in [0.15, 0.2) is 28.4 Å². The van der Waals surface area contributed by atoms with Gasteiger partial charge in [0.2, 0.25) is 0 Å². The lowest BCUT2D eigenvalue weighted by Gasteiger charge is -2.22. The second-order valence-corrected chi connectivity index (χ2v) is 4.92. The Morgan fingerprint density at radius 1 is 1.36 bits per heavy atom. The monoisotopic (exact) mass is 303 g/mol. The van der Waals surface area contributed by atoms with Crippen LogP contribution in [0.4, 0.5) is 10.1 Å². The first kappa shape index (κ1) is 15.6. The third-order valence-electron chi connectivity index (χ3n) is 3.52. The predicted molar refractivity (Wildman–Crippen MR) is 78.1 cm³/mol. The highest BCUT2D eigenvalue weighted by molar-refractivity contribution is 5.95. The summed E-state index contributed by atoms with van der Waals surface area (Å²) >= 11 is 0. The molecular formula is C13H14FN7O. The van der Waals surface area contributed by atoms with Crippen LogP contribution < -0.4 is 0 Å². The second-order valence-electron chi connectivity index (χ2n) is 4.92. The molecule has 0 bridgehead atoms. The fourth-order valence-electron chi connectivity index (χ4n) is 2.54.